The van der Waals surface area contributed by atoms with Gasteiger partial charge in [0.25, 0.3) is 0 Å². The topological polar surface area (TPSA) is 68.5 Å². The lowest BCUT2D eigenvalue weighted by atomic mass is 10.2. The van der Waals surface area contributed by atoms with Crippen molar-refractivity contribution in [1.29, 1.82) is 0 Å². The van der Waals surface area contributed by atoms with Gasteiger partial charge >= 0.3 is 0 Å². The molecule has 3 aromatic rings. The van der Waals surface area contributed by atoms with Crippen LogP contribution in [0.2, 0.25) is 0 Å². The number of furan rings is 1. The van der Waals surface area contributed by atoms with Crippen LogP contribution in [-0.2, 0) is 16.4 Å². The molecule has 25 heavy (non-hydrogen) atoms. The van der Waals surface area contributed by atoms with Crippen LogP contribution in [0.5, 0.6) is 5.75 Å². The van der Waals surface area contributed by atoms with Crippen molar-refractivity contribution in [2.75, 3.05) is 7.11 Å². The molecular formula is C18H18FNO4S. The summed E-state index contributed by atoms with van der Waals surface area (Å²) in [5.41, 5.74) is 0.754. The van der Waals surface area contributed by atoms with Crippen molar-refractivity contribution in [3.63, 3.8) is 0 Å². The number of fused-ring (bicyclic) bond motifs is 1. The summed E-state index contributed by atoms with van der Waals surface area (Å²) >= 11 is 0. The standard InChI is InChI=1S/C18H18FNO4S/c1-12(9-14-10-13-5-3-4-6-17(13)24-14)20-25(21,22)15-7-8-18(23-2)16(19)11-15/h3-8,10-12,20H,9H2,1-2H3. The van der Waals surface area contributed by atoms with Gasteiger partial charge in [-0.05, 0) is 37.3 Å². The second-order valence-electron chi connectivity index (χ2n) is 5.77. The van der Waals surface area contributed by atoms with E-state index in [1.54, 1.807) is 6.92 Å². The highest BCUT2D eigenvalue weighted by atomic mass is 32.2. The molecule has 1 N–H and O–H groups in total. The average molecular weight is 363 g/mol. The molecular weight excluding hydrogens is 345 g/mol. The molecule has 5 nitrogen and oxygen atoms in total. The maximum Gasteiger partial charge on any atom is 0.240 e. The van der Waals surface area contributed by atoms with Crippen LogP contribution >= 0.6 is 0 Å². The van der Waals surface area contributed by atoms with Gasteiger partial charge in [0.1, 0.15) is 11.3 Å². The Morgan fingerprint density at radius 2 is 1.96 bits per heavy atom. The zero-order valence-corrected chi connectivity index (χ0v) is 14.6. The van der Waals surface area contributed by atoms with Gasteiger partial charge < -0.3 is 9.15 Å². The highest BCUT2D eigenvalue weighted by molar-refractivity contribution is 7.89. The fraction of sp³-hybridized carbons (Fsp3) is 0.222. The summed E-state index contributed by atoms with van der Waals surface area (Å²) in [6.45, 7) is 1.73. The highest BCUT2D eigenvalue weighted by Crippen LogP contribution is 2.22. The van der Waals surface area contributed by atoms with Crippen LogP contribution < -0.4 is 9.46 Å². The third-order valence-electron chi connectivity index (χ3n) is 3.77. The first kappa shape index (κ1) is 17.4. The third kappa shape index (κ3) is 3.83. The van der Waals surface area contributed by atoms with Crippen LogP contribution in [0, 0.1) is 5.82 Å². The Morgan fingerprint density at radius 1 is 1.20 bits per heavy atom. The summed E-state index contributed by atoms with van der Waals surface area (Å²) < 4.78 is 51.6. The van der Waals surface area contributed by atoms with E-state index in [9.17, 15) is 12.8 Å². The molecule has 7 heteroatoms. The number of ether oxygens (including phenoxy) is 1. The summed E-state index contributed by atoms with van der Waals surface area (Å²) in [7, 11) is -2.52. The monoisotopic (exact) mass is 363 g/mol. The quantitative estimate of drug-likeness (QED) is 0.728. The molecule has 0 aliphatic heterocycles. The molecule has 0 bridgehead atoms. The van der Waals surface area contributed by atoms with E-state index in [0.29, 0.717) is 12.2 Å². The lowest BCUT2D eigenvalue weighted by Gasteiger charge is -2.13. The van der Waals surface area contributed by atoms with Crippen LogP contribution in [0.4, 0.5) is 4.39 Å². The number of rotatable bonds is 6. The third-order valence-corrected chi connectivity index (χ3v) is 5.36. The molecule has 0 saturated carbocycles. The van der Waals surface area contributed by atoms with Gasteiger partial charge in [-0.1, -0.05) is 18.2 Å². The van der Waals surface area contributed by atoms with Gasteiger partial charge in [0.15, 0.2) is 11.6 Å². The molecule has 1 unspecified atom stereocenters. The van der Waals surface area contributed by atoms with Gasteiger partial charge in [-0.25, -0.2) is 17.5 Å². The smallest absolute Gasteiger partial charge is 0.240 e. The molecule has 0 radical (unpaired) electrons. The molecule has 0 aliphatic carbocycles. The molecule has 0 amide bonds. The Balaban J connectivity index is 1.74. The van der Waals surface area contributed by atoms with Crippen molar-refractivity contribution >= 4 is 21.0 Å². The molecule has 2 aromatic carbocycles. The van der Waals surface area contributed by atoms with Crippen molar-refractivity contribution in [2.45, 2.75) is 24.3 Å². The highest BCUT2D eigenvalue weighted by Gasteiger charge is 2.20. The molecule has 132 valence electrons. The summed E-state index contributed by atoms with van der Waals surface area (Å²) in [5, 5.41) is 0.963. The minimum absolute atomic E-state index is 0.00530. The van der Waals surface area contributed by atoms with Gasteiger partial charge in [-0.15, -0.1) is 0 Å². The molecule has 0 spiro atoms. The largest absolute Gasteiger partial charge is 0.494 e. The van der Waals surface area contributed by atoms with Crippen LogP contribution in [-0.4, -0.2) is 21.6 Å². The van der Waals surface area contributed by atoms with Gasteiger partial charge in [-0.3, -0.25) is 0 Å². The van der Waals surface area contributed by atoms with E-state index in [-0.39, 0.29) is 10.6 Å². The maximum atomic E-state index is 13.8. The molecule has 1 heterocycles. The second-order valence-corrected chi connectivity index (χ2v) is 7.49. The van der Waals surface area contributed by atoms with E-state index in [1.165, 1.54) is 19.2 Å². The Bertz CT molecular complexity index is 964. The molecule has 1 atom stereocenters. The number of hydrogen-bond acceptors (Lipinski definition) is 4. The second kappa shape index (κ2) is 6.85. The molecule has 0 fully saturated rings. The summed E-state index contributed by atoms with van der Waals surface area (Å²) in [5.74, 6) is -0.0538. The first-order valence-corrected chi connectivity index (χ1v) is 9.20. The minimum atomic E-state index is -3.84. The number of nitrogens with one attached hydrogen (secondary N) is 1. The lowest BCUT2D eigenvalue weighted by molar-refractivity contribution is 0.385. The number of halogens is 1. The SMILES string of the molecule is COc1ccc(S(=O)(=O)NC(C)Cc2cc3ccccc3o2)cc1F. The van der Waals surface area contributed by atoms with Gasteiger partial charge in [0, 0.05) is 17.8 Å². The van der Waals surface area contributed by atoms with Gasteiger partial charge in [0.05, 0.1) is 12.0 Å². The Kier molecular flexibility index (Phi) is 4.78. The number of hydrogen-bond donors (Lipinski definition) is 1. The Hall–Kier alpha value is -2.38. The normalized spacial score (nSPS) is 13.1. The van der Waals surface area contributed by atoms with Crippen LogP contribution in [0.1, 0.15) is 12.7 Å². The van der Waals surface area contributed by atoms with Crippen molar-refractivity contribution in [3.05, 3.63) is 60.1 Å². The van der Waals surface area contributed by atoms with E-state index in [2.05, 4.69) is 4.72 Å². The van der Waals surface area contributed by atoms with Crippen molar-refractivity contribution in [3.8, 4) is 5.75 Å². The minimum Gasteiger partial charge on any atom is -0.494 e. The summed E-state index contributed by atoms with van der Waals surface area (Å²) in [6.07, 6.45) is 0.381. The fourth-order valence-electron chi connectivity index (χ4n) is 2.63. The van der Waals surface area contributed by atoms with E-state index in [4.69, 9.17) is 9.15 Å². The number of sulfonamides is 1. The van der Waals surface area contributed by atoms with Crippen LogP contribution in [0.25, 0.3) is 11.0 Å². The van der Waals surface area contributed by atoms with E-state index >= 15 is 0 Å². The van der Waals surface area contributed by atoms with Crippen molar-refractivity contribution in [2.24, 2.45) is 0 Å². The Labute approximate surface area is 145 Å². The molecule has 1 aromatic heterocycles. The van der Waals surface area contributed by atoms with E-state index < -0.39 is 21.9 Å². The van der Waals surface area contributed by atoms with E-state index in [1.807, 2.05) is 30.3 Å². The number of methoxy groups -OCH3 is 1. The van der Waals surface area contributed by atoms with E-state index in [0.717, 1.165) is 17.0 Å². The number of benzene rings is 2. The van der Waals surface area contributed by atoms with Crippen molar-refractivity contribution < 1.29 is 22.0 Å². The fourth-order valence-corrected chi connectivity index (χ4v) is 3.88. The van der Waals surface area contributed by atoms with Crippen molar-refractivity contribution in [1.82, 2.24) is 4.72 Å². The zero-order valence-electron chi connectivity index (χ0n) is 13.8. The predicted molar refractivity (Wildman–Crippen MR) is 92.7 cm³/mol. The predicted octanol–water partition coefficient (Wildman–Crippen LogP) is 3.49. The first-order valence-electron chi connectivity index (χ1n) is 7.72. The average Bonchev–Trinajstić information content (AvgIpc) is 2.96. The maximum absolute atomic E-state index is 13.8. The Morgan fingerprint density at radius 3 is 2.64 bits per heavy atom. The van der Waals surface area contributed by atoms with Crippen LogP contribution in [0.15, 0.2) is 57.8 Å². The summed E-state index contributed by atoms with van der Waals surface area (Å²) in [4.78, 5) is -0.151. The van der Waals surface area contributed by atoms with Gasteiger partial charge in [-0.2, -0.15) is 0 Å². The molecule has 0 aliphatic rings. The molecule has 0 saturated heterocycles. The first-order chi connectivity index (χ1) is 11.9. The van der Waals surface area contributed by atoms with Gasteiger partial charge in [0.2, 0.25) is 10.0 Å². The summed E-state index contributed by atoms with van der Waals surface area (Å²) in [6, 6.07) is 12.6. The number of para-hydroxylation sites is 1. The van der Waals surface area contributed by atoms with Crippen LogP contribution in [0.3, 0.4) is 0 Å². The zero-order chi connectivity index (χ0) is 18.0. The molecule has 3 rings (SSSR count). The lowest BCUT2D eigenvalue weighted by Crippen LogP contribution is -2.34.